The van der Waals surface area contributed by atoms with Crippen LogP contribution >= 0.6 is 12.2 Å². The molecule has 0 saturated heterocycles. The SMILES string of the molecule is CCCCCCCCCCCCCCNC(=S)Nc1c(C(C)C)cccc1C(C)C. The van der Waals surface area contributed by atoms with E-state index in [0.29, 0.717) is 11.8 Å². The van der Waals surface area contributed by atoms with Crippen LogP contribution in [0.3, 0.4) is 0 Å². The number of benzene rings is 1. The zero-order chi connectivity index (χ0) is 22.2. The molecule has 3 heteroatoms. The quantitative estimate of drug-likeness (QED) is 0.201. The van der Waals surface area contributed by atoms with Gasteiger partial charge in [-0.15, -0.1) is 0 Å². The molecule has 0 radical (unpaired) electrons. The number of anilines is 1. The summed E-state index contributed by atoms with van der Waals surface area (Å²) < 4.78 is 0. The zero-order valence-corrected chi connectivity index (χ0v) is 21.3. The third-order valence-electron chi connectivity index (χ3n) is 5.93. The molecule has 1 aromatic carbocycles. The van der Waals surface area contributed by atoms with E-state index in [1.165, 1.54) is 93.9 Å². The molecular weight excluding hydrogens is 384 g/mol. The average Bonchev–Trinajstić information content (AvgIpc) is 2.71. The summed E-state index contributed by atoms with van der Waals surface area (Å²) in [4.78, 5) is 0. The smallest absolute Gasteiger partial charge is 0.170 e. The summed E-state index contributed by atoms with van der Waals surface area (Å²) >= 11 is 5.59. The Hall–Kier alpha value is -1.09. The molecule has 2 nitrogen and oxygen atoms in total. The minimum atomic E-state index is 0.477. The Balaban J connectivity index is 2.17. The summed E-state index contributed by atoms with van der Waals surface area (Å²) in [6.07, 6.45) is 16.6. The monoisotopic (exact) mass is 432 g/mol. The number of hydrogen-bond acceptors (Lipinski definition) is 1. The highest BCUT2D eigenvalue weighted by molar-refractivity contribution is 7.80. The molecule has 0 unspecified atom stereocenters. The van der Waals surface area contributed by atoms with Crippen molar-refractivity contribution in [2.75, 3.05) is 11.9 Å². The first-order valence-corrected chi connectivity index (χ1v) is 13.1. The average molecular weight is 433 g/mol. The van der Waals surface area contributed by atoms with Crippen LogP contribution < -0.4 is 10.6 Å². The highest BCUT2D eigenvalue weighted by Crippen LogP contribution is 2.32. The predicted octanol–water partition coefficient (Wildman–Crippen LogP) is 8.92. The van der Waals surface area contributed by atoms with Crippen molar-refractivity contribution in [2.45, 2.75) is 124 Å². The fourth-order valence-corrected chi connectivity index (χ4v) is 4.23. The Morgan fingerprint density at radius 2 is 1.17 bits per heavy atom. The number of para-hydroxylation sites is 1. The van der Waals surface area contributed by atoms with Gasteiger partial charge in [-0.1, -0.05) is 123 Å². The first kappa shape index (κ1) is 26.9. The van der Waals surface area contributed by atoms with Crippen LogP contribution in [0.1, 0.15) is 135 Å². The van der Waals surface area contributed by atoms with E-state index in [-0.39, 0.29) is 0 Å². The van der Waals surface area contributed by atoms with Crippen LogP contribution in [-0.2, 0) is 0 Å². The Labute approximate surface area is 193 Å². The van der Waals surface area contributed by atoms with Crippen LogP contribution in [0.2, 0.25) is 0 Å². The maximum absolute atomic E-state index is 5.59. The molecule has 0 aromatic heterocycles. The van der Waals surface area contributed by atoms with E-state index in [4.69, 9.17) is 12.2 Å². The fraction of sp³-hybridized carbons (Fsp3) is 0.741. The van der Waals surface area contributed by atoms with E-state index in [1.807, 2.05) is 0 Å². The summed E-state index contributed by atoms with van der Waals surface area (Å²) in [5, 5.41) is 7.68. The van der Waals surface area contributed by atoms with E-state index >= 15 is 0 Å². The second kappa shape index (κ2) is 16.6. The number of unbranched alkanes of at least 4 members (excludes halogenated alkanes) is 11. The molecular formula is C27H48N2S. The van der Waals surface area contributed by atoms with Gasteiger partial charge in [-0.2, -0.15) is 0 Å². The second-order valence-corrected chi connectivity index (χ2v) is 9.80. The first-order valence-electron chi connectivity index (χ1n) is 12.6. The lowest BCUT2D eigenvalue weighted by Crippen LogP contribution is -2.30. The Morgan fingerprint density at radius 3 is 1.60 bits per heavy atom. The largest absolute Gasteiger partial charge is 0.362 e. The number of nitrogens with one attached hydrogen (secondary N) is 2. The van der Waals surface area contributed by atoms with Gasteiger partial charge in [-0.05, 0) is 41.6 Å². The van der Waals surface area contributed by atoms with E-state index in [2.05, 4.69) is 63.5 Å². The number of hydrogen-bond donors (Lipinski definition) is 2. The lowest BCUT2D eigenvalue weighted by molar-refractivity contribution is 0.543. The molecule has 0 atom stereocenters. The van der Waals surface area contributed by atoms with Gasteiger partial charge in [-0.25, -0.2) is 0 Å². The molecule has 1 aromatic rings. The minimum absolute atomic E-state index is 0.477. The van der Waals surface area contributed by atoms with Gasteiger partial charge >= 0.3 is 0 Å². The summed E-state index contributed by atoms with van der Waals surface area (Å²) in [5.74, 6) is 0.954. The van der Waals surface area contributed by atoms with Crippen molar-refractivity contribution in [3.63, 3.8) is 0 Å². The molecule has 0 aliphatic heterocycles. The molecule has 0 spiro atoms. The number of thiocarbonyl (C=S) groups is 1. The van der Waals surface area contributed by atoms with Crippen LogP contribution in [0.25, 0.3) is 0 Å². The van der Waals surface area contributed by atoms with Gasteiger partial charge < -0.3 is 10.6 Å². The van der Waals surface area contributed by atoms with Gasteiger partial charge in [0.15, 0.2) is 5.11 Å². The van der Waals surface area contributed by atoms with Gasteiger partial charge in [0.2, 0.25) is 0 Å². The minimum Gasteiger partial charge on any atom is -0.362 e. The van der Waals surface area contributed by atoms with Crippen molar-refractivity contribution in [3.8, 4) is 0 Å². The van der Waals surface area contributed by atoms with E-state index in [9.17, 15) is 0 Å². The van der Waals surface area contributed by atoms with Crippen LogP contribution in [0.5, 0.6) is 0 Å². The summed E-state index contributed by atoms with van der Waals surface area (Å²) in [7, 11) is 0. The molecule has 1 rings (SSSR count). The Bertz CT molecular complexity index is 554. The second-order valence-electron chi connectivity index (χ2n) is 9.39. The third-order valence-corrected chi connectivity index (χ3v) is 6.17. The van der Waals surface area contributed by atoms with E-state index < -0.39 is 0 Å². The number of rotatable bonds is 16. The van der Waals surface area contributed by atoms with Crippen LogP contribution in [0.15, 0.2) is 18.2 Å². The maximum atomic E-state index is 5.59. The lowest BCUT2D eigenvalue weighted by atomic mass is 9.93. The molecule has 2 N–H and O–H groups in total. The standard InChI is InChI=1S/C27H48N2S/c1-6-7-8-9-10-11-12-13-14-15-16-17-21-28-27(30)29-26-24(22(2)3)19-18-20-25(26)23(4)5/h18-20,22-23H,6-17,21H2,1-5H3,(H2,28,29,30). The fourth-order valence-electron chi connectivity index (χ4n) is 4.02. The van der Waals surface area contributed by atoms with Crippen molar-refractivity contribution in [1.82, 2.24) is 5.32 Å². The molecule has 0 bridgehead atoms. The van der Waals surface area contributed by atoms with Crippen molar-refractivity contribution in [1.29, 1.82) is 0 Å². The molecule has 172 valence electrons. The third kappa shape index (κ3) is 11.3. The van der Waals surface area contributed by atoms with Crippen molar-refractivity contribution < 1.29 is 0 Å². The Morgan fingerprint density at radius 1 is 0.733 bits per heavy atom. The highest BCUT2D eigenvalue weighted by Gasteiger charge is 2.14. The highest BCUT2D eigenvalue weighted by atomic mass is 32.1. The van der Waals surface area contributed by atoms with Gasteiger partial charge in [0.1, 0.15) is 0 Å². The van der Waals surface area contributed by atoms with Gasteiger partial charge in [0.25, 0.3) is 0 Å². The van der Waals surface area contributed by atoms with E-state index in [0.717, 1.165) is 11.7 Å². The molecule has 0 aliphatic rings. The topological polar surface area (TPSA) is 24.1 Å². The van der Waals surface area contributed by atoms with Crippen molar-refractivity contribution in [3.05, 3.63) is 29.3 Å². The maximum Gasteiger partial charge on any atom is 0.170 e. The van der Waals surface area contributed by atoms with Crippen LogP contribution in [0, 0.1) is 0 Å². The first-order chi connectivity index (χ1) is 14.5. The molecule has 0 aliphatic carbocycles. The van der Waals surface area contributed by atoms with Crippen LogP contribution in [-0.4, -0.2) is 11.7 Å². The summed E-state index contributed by atoms with van der Waals surface area (Å²) in [5.41, 5.74) is 3.89. The molecule has 0 fully saturated rings. The zero-order valence-electron chi connectivity index (χ0n) is 20.5. The molecule has 0 saturated carbocycles. The Kier molecular flexibility index (Phi) is 14.9. The van der Waals surface area contributed by atoms with Crippen molar-refractivity contribution >= 4 is 23.0 Å². The summed E-state index contributed by atoms with van der Waals surface area (Å²) in [6.45, 7) is 12.2. The normalized spacial score (nSPS) is 11.3. The summed E-state index contributed by atoms with van der Waals surface area (Å²) in [6, 6.07) is 6.60. The predicted molar refractivity (Wildman–Crippen MR) is 140 cm³/mol. The van der Waals surface area contributed by atoms with Gasteiger partial charge in [0.05, 0.1) is 0 Å². The van der Waals surface area contributed by atoms with Gasteiger partial charge in [-0.3, -0.25) is 0 Å². The molecule has 30 heavy (non-hydrogen) atoms. The van der Waals surface area contributed by atoms with Crippen LogP contribution in [0.4, 0.5) is 5.69 Å². The van der Waals surface area contributed by atoms with Gasteiger partial charge in [0, 0.05) is 12.2 Å². The van der Waals surface area contributed by atoms with Crippen molar-refractivity contribution in [2.24, 2.45) is 0 Å². The van der Waals surface area contributed by atoms with E-state index in [1.54, 1.807) is 0 Å². The molecule has 0 amide bonds. The lowest BCUT2D eigenvalue weighted by Gasteiger charge is -2.21. The molecule has 0 heterocycles.